The third-order valence-electron chi connectivity index (χ3n) is 2.84. The van der Waals surface area contributed by atoms with Crippen molar-refractivity contribution < 1.29 is 4.79 Å². The van der Waals surface area contributed by atoms with Gasteiger partial charge in [-0.1, -0.05) is 12.1 Å². The van der Waals surface area contributed by atoms with Crippen LogP contribution >= 0.6 is 11.8 Å². The quantitative estimate of drug-likeness (QED) is 0.876. The molecule has 0 spiro atoms. The highest BCUT2D eigenvalue weighted by Gasteiger charge is 2.09. The van der Waals surface area contributed by atoms with Crippen molar-refractivity contribution in [2.75, 3.05) is 18.6 Å². The van der Waals surface area contributed by atoms with Crippen LogP contribution in [0.25, 0.3) is 0 Å². The van der Waals surface area contributed by atoms with Crippen LogP contribution < -0.4 is 5.32 Å². The Balaban J connectivity index is 1.93. The van der Waals surface area contributed by atoms with Gasteiger partial charge in [0.05, 0.1) is 11.9 Å². The summed E-state index contributed by atoms with van der Waals surface area (Å²) in [6.07, 6.45) is 5.34. The summed E-state index contributed by atoms with van der Waals surface area (Å²) in [7, 11) is 1.77. The minimum absolute atomic E-state index is 0.146. The summed E-state index contributed by atoms with van der Waals surface area (Å²) in [6, 6.07) is 11.7. The summed E-state index contributed by atoms with van der Waals surface area (Å²) in [5, 5.41) is 2.80. The van der Waals surface area contributed by atoms with Gasteiger partial charge in [-0.15, -0.1) is 11.8 Å². The van der Waals surface area contributed by atoms with E-state index in [1.807, 2.05) is 24.5 Å². The van der Waals surface area contributed by atoms with Gasteiger partial charge in [0.1, 0.15) is 0 Å². The van der Waals surface area contributed by atoms with Crippen molar-refractivity contribution >= 4 is 23.5 Å². The zero-order valence-corrected chi connectivity index (χ0v) is 12.4. The number of nitrogens with one attached hydrogen (secondary N) is 1. The number of thioether (sulfide) groups is 1. The van der Waals surface area contributed by atoms with Gasteiger partial charge in [0, 0.05) is 24.7 Å². The van der Waals surface area contributed by atoms with E-state index in [4.69, 9.17) is 0 Å². The van der Waals surface area contributed by atoms with Crippen molar-refractivity contribution in [3.05, 3.63) is 54.4 Å². The first-order valence-corrected chi connectivity index (χ1v) is 7.46. The van der Waals surface area contributed by atoms with E-state index >= 15 is 0 Å². The average molecular weight is 287 g/mol. The van der Waals surface area contributed by atoms with Crippen molar-refractivity contribution in [2.24, 2.45) is 0 Å². The lowest BCUT2D eigenvalue weighted by molar-refractivity contribution is 0.220. The van der Waals surface area contributed by atoms with Gasteiger partial charge in [0.2, 0.25) is 0 Å². The molecule has 0 aliphatic rings. The normalized spacial score (nSPS) is 10.1. The maximum absolute atomic E-state index is 12.0. The van der Waals surface area contributed by atoms with Crippen molar-refractivity contribution in [2.45, 2.75) is 11.4 Å². The lowest BCUT2D eigenvalue weighted by Gasteiger charge is -2.18. The summed E-state index contributed by atoms with van der Waals surface area (Å²) in [6.45, 7) is 0.570. The molecule has 1 aromatic heterocycles. The molecule has 0 radical (unpaired) electrons. The molecule has 0 unspecified atom stereocenters. The van der Waals surface area contributed by atoms with Crippen LogP contribution in [-0.4, -0.2) is 29.2 Å². The summed E-state index contributed by atoms with van der Waals surface area (Å²) < 4.78 is 0. The van der Waals surface area contributed by atoms with Crippen LogP contribution in [0.5, 0.6) is 0 Å². The van der Waals surface area contributed by atoms with Crippen molar-refractivity contribution in [1.29, 1.82) is 0 Å². The molecule has 0 saturated carbocycles. The molecule has 2 amide bonds. The number of anilines is 1. The fourth-order valence-corrected chi connectivity index (χ4v) is 2.14. The average Bonchev–Trinajstić information content (AvgIpc) is 2.49. The number of benzene rings is 1. The molecule has 1 heterocycles. The number of aromatic nitrogens is 1. The first kappa shape index (κ1) is 14.4. The van der Waals surface area contributed by atoms with Crippen LogP contribution in [0.1, 0.15) is 5.56 Å². The second kappa shape index (κ2) is 6.96. The number of hydrogen-bond donors (Lipinski definition) is 1. The Labute approximate surface area is 123 Å². The Morgan fingerprint density at radius 2 is 2.05 bits per heavy atom. The predicted molar refractivity (Wildman–Crippen MR) is 82.9 cm³/mol. The number of rotatable bonds is 4. The first-order valence-electron chi connectivity index (χ1n) is 6.24. The Morgan fingerprint density at radius 3 is 2.65 bits per heavy atom. The van der Waals surface area contributed by atoms with E-state index in [0.717, 1.165) is 5.56 Å². The number of carbonyl (C=O) groups is 1. The largest absolute Gasteiger partial charge is 0.323 e. The van der Waals surface area contributed by atoms with Crippen LogP contribution in [0.2, 0.25) is 0 Å². The summed E-state index contributed by atoms with van der Waals surface area (Å²) in [4.78, 5) is 18.8. The molecule has 4 nitrogen and oxygen atoms in total. The Morgan fingerprint density at radius 1 is 1.30 bits per heavy atom. The predicted octanol–water partition coefficient (Wildman–Crippen LogP) is 3.47. The van der Waals surface area contributed by atoms with Gasteiger partial charge in [-0.3, -0.25) is 4.98 Å². The van der Waals surface area contributed by atoms with Crippen molar-refractivity contribution in [3.8, 4) is 0 Å². The second-order valence-corrected chi connectivity index (χ2v) is 5.26. The van der Waals surface area contributed by atoms with Crippen molar-refractivity contribution in [3.63, 3.8) is 0 Å². The zero-order chi connectivity index (χ0) is 14.4. The molecule has 0 aliphatic carbocycles. The minimum Gasteiger partial charge on any atom is -0.323 e. The molecular weight excluding hydrogens is 270 g/mol. The van der Waals surface area contributed by atoms with E-state index in [9.17, 15) is 4.79 Å². The van der Waals surface area contributed by atoms with Gasteiger partial charge >= 0.3 is 6.03 Å². The van der Waals surface area contributed by atoms with Gasteiger partial charge < -0.3 is 10.2 Å². The summed E-state index contributed by atoms with van der Waals surface area (Å²) in [5.74, 6) is 0. The highest BCUT2D eigenvalue weighted by Crippen LogP contribution is 2.15. The second-order valence-electron chi connectivity index (χ2n) is 4.38. The van der Waals surface area contributed by atoms with Gasteiger partial charge in [-0.2, -0.15) is 0 Å². The van der Waals surface area contributed by atoms with E-state index in [0.29, 0.717) is 12.2 Å². The van der Waals surface area contributed by atoms with E-state index < -0.39 is 0 Å². The van der Waals surface area contributed by atoms with Crippen LogP contribution in [0.15, 0.2) is 53.7 Å². The summed E-state index contributed by atoms with van der Waals surface area (Å²) >= 11 is 1.70. The van der Waals surface area contributed by atoms with E-state index in [1.54, 1.807) is 42.2 Å². The third kappa shape index (κ3) is 3.99. The standard InChI is InChI=1S/C15H17N3OS/c1-18(11-12-5-7-14(20-2)8-6-12)15(19)17-13-4-3-9-16-10-13/h3-10H,11H2,1-2H3,(H,17,19). The maximum atomic E-state index is 12.0. The molecule has 0 fully saturated rings. The highest BCUT2D eigenvalue weighted by atomic mass is 32.2. The number of pyridine rings is 1. The number of urea groups is 1. The molecular formula is C15H17N3OS. The molecule has 0 aliphatic heterocycles. The first-order chi connectivity index (χ1) is 9.69. The molecule has 2 aromatic rings. The Bertz CT molecular complexity index is 557. The van der Waals surface area contributed by atoms with Crippen LogP contribution in [-0.2, 0) is 6.54 Å². The van der Waals surface area contributed by atoms with E-state index in [2.05, 4.69) is 22.4 Å². The van der Waals surface area contributed by atoms with Gasteiger partial charge in [0.25, 0.3) is 0 Å². The van der Waals surface area contributed by atoms with Crippen molar-refractivity contribution in [1.82, 2.24) is 9.88 Å². The number of amides is 2. The van der Waals surface area contributed by atoms with Gasteiger partial charge in [0.15, 0.2) is 0 Å². The molecule has 0 bridgehead atoms. The molecule has 0 atom stereocenters. The van der Waals surface area contributed by atoms with Gasteiger partial charge in [-0.25, -0.2) is 4.79 Å². The minimum atomic E-state index is -0.146. The SMILES string of the molecule is CSc1ccc(CN(C)C(=O)Nc2cccnc2)cc1. The monoisotopic (exact) mass is 287 g/mol. The lowest BCUT2D eigenvalue weighted by Crippen LogP contribution is -2.30. The fraction of sp³-hybridized carbons (Fsp3) is 0.200. The number of carbonyl (C=O) groups excluding carboxylic acids is 1. The Hall–Kier alpha value is -2.01. The number of nitrogens with zero attached hydrogens (tertiary/aromatic N) is 2. The van der Waals surface area contributed by atoms with Crippen LogP contribution in [0, 0.1) is 0 Å². The molecule has 5 heteroatoms. The Kier molecular flexibility index (Phi) is 5.01. The van der Waals surface area contributed by atoms with Gasteiger partial charge in [-0.05, 0) is 36.1 Å². The number of hydrogen-bond acceptors (Lipinski definition) is 3. The van der Waals surface area contributed by atoms with Crippen LogP contribution in [0.3, 0.4) is 0 Å². The third-order valence-corrected chi connectivity index (χ3v) is 3.58. The molecule has 104 valence electrons. The van der Waals surface area contributed by atoms with E-state index in [1.165, 1.54) is 4.90 Å². The lowest BCUT2D eigenvalue weighted by atomic mass is 10.2. The molecule has 1 aromatic carbocycles. The van der Waals surface area contributed by atoms with E-state index in [-0.39, 0.29) is 6.03 Å². The molecule has 0 saturated heterocycles. The summed E-state index contributed by atoms with van der Waals surface area (Å²) in [5.41, 5.74) is 1.80. The highest BCUT2D eigenvalue weighted by molar-refractivity contribution is 7.98. The zero-order valence-electron chi connectivity index (χ0n) is 11.5. The smallest absolute Gasteiger partial charge is 0.321 e. The topological polar surface area (TPSA) is 45.2 Å². The van der Waals surface area contributed by atoms with Crippen LogP contribution in [0.4, 0.5) is 10.5 Å². The molecule has 20 heavy (non-hydrogen) atoms. The fourth-order valence-electron chi connectivity index (χ4n) is 1.73. The molecule has 1 N–H and O–H groups in total. The molecule has 2 rings (SSSR count). The maximum Gasteiger partial charge on any atom is 0.321 e.